The van der Waals surface area contributed by atoms with E-state index in [1.54, 1.807) is 0 Å². The standard InChI is InChI=1S/C12H17NOS/c1-2-11-3-5-12(6-4-11)13-7-9-15(14)10-8-13/h3-6H,2,7-10H2,1H3. The zero-order valence-electron chi connectivity index (χ0n) is 9.11. The smallest absolute Gasteiger partial charge is 0.0411 e. The van der Waals surface area contributed by atoms with Crippen LogP contribution in [0.2, 0.25) is 0 Å². The van der Waals surface area contributed by atoms with Gasteiger partial charge in [-0.25, -0.2) is 0 Å². The Kier molecular flexibility index (Phi) is 3.41. The van der Waals surface area contributed by atoms with Gasteiger partial charge in [-0.3, -0.25) is 4.21 Å². The molecule has 82 valence electrons. The Hall–Kier alpha value is -0.830. The van der Waals surface area contributed by atoms with Crippen LogP contribution in [0.25, 0.3) is 0 Å². The summed E-state index contributed by atoms with van der Waals surface area (Å²) in [6.45, 7) is 4.02. The van der Waals surface area contributed by atoms with Crippen LogP contribution in [0.4, 0.5) is 5.69 Å². The Labute approximate surface area is 93.7 Å². The van der Waals surface area contributed by atoms with E-state index in [2.05, 4.69) is 36.1 Å². The van der Waals surface area contributed by atoms with Gasteiger partial charge >= 0.3 is 0 Å². The first-order valence-electron chi connectivity index (χ1n) is 5.48. The molecule has 0 unspecified atom stereocenters. The molecule has 1 heterocycles. The van der Waals surface area contributed by atoms with Crippen LogP contribution in [0.1, 0.15) is 12.5 Å². The first-order chi connectivity index (χ1) is 7.29. The van der Waals surface area contributed by atoms with Gasteiger partial charge in [0.2, 0.25) is 0 Å². The molecule has 1 saturated heterocycles. The van der Waals surface area contributed by atoms with E-state index in [1.165, 1.54) is 11.3 Å². The van der Waals surface area contributed by atoms with E-state index < -0.39 is 10.8 Å². The molecule has 2 nitrogen and oxygen atoms in total. The topological polar surface area (TPSA) is 20.3 Å². The van der Waals surface area contributed by atoms with Gasteiger partial charge in [-0.2, -0.15) is 0 Å². The number of anilines is 1. The molecule has 3 heteroatoms. The fourth-order valence-corrected chi connectivity index (χ4v) is 2.89. The van der Waals surface area contributed by atoms with Crippen molar-refractivity contribution in [1.82, 2.24) is 0 Å². The SMILES string of the molecule is CCc1ccc(N2CCS(=O)CC2)cc1. The molecule has 15 heavy (non-hydrogen) atoms. The van der Waals surface area contributed by atoms with E-state index in [4.69, 9.17) is 0 Å². The maximum Gasteiger partial charge on any atom is 0.0411 e. The lowest BCUT2D eigenvalue weighted by Crippen LogP contribution is -2.37. The Morgan fingerprint density at radius 1 is 1.20 bits per heavy atom. The third-order valence-corrected chi connectivity index (χ3v) is 4.16. The summed E-state index contributed by atoms with van der Waals surface area (Å²) in [7, 11) is -0.582. The summed E-state index contributed by atoms with van der Waals surface area (Å²) in [5.41, 5.74) is 2.64. The third-order valence-electron chi connectivity index (χ3n) is 2.89. The molecule has 1 fully saturated rings. The van der Waals surface area contributed by atoms with Crippen LogP contribution in [0.3, 0.4) is 0 Å². The molecule has 0 aromatic heterocycles. The van der Waals surface area contributed by atoms with Gasteiger partial charge in [0.15, 0.2) is 0 Å². The zero-order chi connectivity index (χ0) is 10.7. The van der Waals surface area contributed by atoms with Crippen LogP contribution in [0, 0.1) is 0 Å². The van der Waals surface area contributed by atoms with Gasteiger partial charge in [-0.05, 0) is 24.1 Å². The largest absolute Gasteiger partial charge is 0.370 e. The molecule has 1 aromatic rings. The lowest BCUT2D eigenvalue weighted by molar-refractivity contribution is 0.673. The number of hydrogen-bond donors (Lipinski definition) is 0. The number of rotatable bonds is 2. The average Bonchev–Trinajstić information content (AvgIpc) is 2.30. The maximum atomic E-state index is 11.2. The van der Waals surface area contributed by atoms with Gasteiger partial charge in [0.1, 0.15) is 0 Å². The molecule has 0 saturated carbocycles. The summed E-state index contributed by atoms with van der Waals surface area (Å²) in [5.74, 6) is 1.63. The van der Waals surface area contributed by atoms with Gasteiger partial charge in [0, 0.05) is 41.1 Å². The first-order valence-corrected chi connectivity index (χ1v) is 6.97. The Morgan fingerprint density at radius 2 is 1.80 bits per heavy atom. The molecule has 2 rings (SSSR count). The molecule has 0 aliphatic carbocycles. The van der Waals surface area contributed by atoms with Crippen LogP contribution in [-0.4, -0.2) is 28.8 Å². The minimum absolute atomic E-state index is 0.582. The highest BCUT2D eigenvalue weighted by molar-refractivity contribution is 7.85. The second-order valence-electron chi connectivity index (χ2n) is 3.86. The van der Waals surface area contributed by atoms with Gasteiger partial charge in [0.25, 0.3) is 0 Å². The molecular weight excluding hydrogens is 206 g/mol. The minimum atomic E-state index is -0.582. The maximum absolute atomic E-state index is 11.2. The summed E-state index contributed by atoms with van der Waals surface area (Å²) in [6.07, 6.45) is 1.09. The van der Waals surface area contributed by atoms with Crippen LogP contribution >= 0.6 is 0 Å². The van der Waals surface area contributed by atoms with Crippen molar-refractivity contribution in [2.75, 3.05) is 29.5 Å². The third kappa shape index (κ3) is 2.59. The van der Waals surface area contributed by atoms with Crippen molar-refractivity contribution in [1.29, 1.82) is 0 Å². The number of aryl methyl sites for hydroxylation is 1. The number of benzene rings is 1. The van der Waals surface area contributed by atoms with Crippen molar-refractivity contribution < 1.29 is 4.21 Å². The summed E-state index contributed by atoms with van der Waals surface area (Å²) >= 11 is 0. The van der Waals surface area contributed by atoms with E-state index in [0.717, 1.165) is 31.0 Å². The predicted octanol–water partition coefficient (Wildman–Crippen LogP) is 1.82. The number of hydrogen-bond acceptors (Lipinski definition) is 2. The molecule has 0 atom stereocenters. The predicted molar refractivity (Wildman–Crippen MR) is 65.9 cm³/mol. The van der Waals surface area contributed by atoms with Crippen LogP contribution in [-0.2, 0) is 17.2 Å². The summed E-state index contributed by atoms with van der Waals surface area (Å²) in [5, 5.41) is 0. The summed E-state index contributed by atoms with van der Waals surface area (Å²) < 4.78 is 11.2. The Balaban J connectivity index is 2.06. The minimum Gasteiger partial charge on any atom is -0.370 e. The molecule has 0 spiro atoms. The van der Waals surface area contributed by atoms with Crippen molar-refractivity contribution >= 4 is 16.5 Å². The highest BCUT2D eigenvalue weighted by Gasteiger charge is 2.14. The van der Waals surface area contributed by atoms with Crippen molar-refractivity contribution in [3.63, 3.8) is 0 Å². The molecule has 1 aliphatic rings. The van der Waals surface area contributed by atoms with Gasteiger partial charge < -0.3 is 4.90 Å². The molecule has 1 aromatic carbocycles. The lowest BCUT2D eigenvalue weighted by atomic mass is 10.1. The van der Waals surface area contributed by atoms with E-state index in [9.17, 15) is 4.21 Å². The van der Waals surface area contributed by atoms with Crippen molar-refractivity contribution in [2.45, 2.75) is 13.3 Å². The van der Waals surface area contributed by atoms with Gasteiger partial charge in [-0.1, -0.05) is 19.1 Å². The highest BCUT2D eigenvalue weighted by atomic mass is 32.2. The Bertz CT molecular complexity index is 337. The van der Waals surface area contributed by atoms with Crippen molar-refractivity contribution in [3.8, 4) is 0 Å². The van der Waals surface area contributed by atoms with Crippen molar-refractivity contribution in [2.24, 2.45) is 0 Å². The van der Waals surface area contributed by atoms with Crippen molar-refractivity contribution in [3.05, 3.63) is 29.8 Å². The molecule has 0 radical (unpaired) electrons. The zero-order valence-corrected chi connectivity index (χ0v) is 9.93. The average molecular weight is 223 g/mol. The molecule has 1 aliphatic heterocycles. The van der Waals surface area contributed by atoms with Crippen LogP contribution in [0.15, 0.2) is 24.3 Å². The second-order valence-corrected chi connectivity index (χ2v) is 5.55. The molecule has 0 bridgehead atoms. The van der Waals surface area contributed by atoms with E-state index in [-0.39, 0.29) is 0 Å². The molecular formula is C12H17NOS. The van der Waals surface area contributed by atoms with Gasteiger partial charge in [-0.15, -0.1) is 0 Å². The monoisotopic (exact) mass is 223 g/mol. The van der Waals surface area contributed by atoms with E-state index in [1.807, 2.05) is 0 Å². The van der Waals surface area contributed by atoms with Crippen LogP contribution in [0.5, 0.6) is 0 Å². The van der Waals surface area contributed by atoms with Gasteiger partial charge in [0.05, 0.1) is 0 Å². The lowest BCUT2D eigenvalue weighted by Gasteiger charge is -2.28. The first kappa shape index (κ1) is 10.7. The highest BCUT2D eigenvalue weighted by Crippen LogP contribution is 2.17. The molecule has 0 amide bonds. The van der Waals surface area contributed by atoms with E-state index in [0.29, 0.717) is 0 Å². The normalized spacial score (nSPS) is 18.1. The molecule has 0 N–H and O–H groups in total. The summed E-state index contributed by atoms with van der Waals surface area (Å²) in [6, 6.07) is 8.71. The summed E-state index contributed by atoms with van der Waals surface area (Å²) in [4.78, 5) is 2.32. The number of nitrogens with zero attached hydrogens (tertiary/aromatic N) is 1. The van der Waals surface area contributed by atoms with Crippen LogP contribution < -0.4 is 4.90 Å². The van der Waals surface area contributed by atoms with E-state index >= 15 is 0 Å². The fourth-order valence-electron chi connectivity index (χ4n) is 1.84. The fraction of sp³-hybridized carbons (Fsp3) is 0.500. The quantitative estimate of drug-likeness (QED) is 0.762. The second kappa shape index (κ2) is 4.79. The Morgan fingerprint density at radius 3 is 2.33 bits per heavy atom.